The van der Waals surface area contributed by atoms with Crippen LogP contribution in [0.1, 0.15) is 11.1 Å². The number of amides is 1. The molecule has 3 aromatic rings. The minimum Gasteiger partial charge on any atom is -0.273 e. The zero-order chi connectivity index (χ0) is 17.1. The summed E-state index contributed by atoms with van der Waals surface area (Å²) in [4.78, 5) is 17.5. The van der Waals surface area contributed by atoms with Crippen LogP contribution >= 0.6 is 34.7 Å². The number of hydrogen-bond acceptors (Lipinski definition) is 5. The molecule has 24 heavy (non-hydrogen) atoms. The molecule has 0 bridgehead atoms. The van der Waals surface area contributed by atoms with Gasteiger partial charge < -0.3 is 0 Å². The van der Waals surface area contributed by atoms with Crippen LogP contribution in [0.4, 0.5) is 5.13 Å². The van der Waals surface area contributed by atoms with Gasteiger partial charge in [-0.25, -0.2) is 4.98 Å². The summed E-state index contributed by atoms with van der Waals surface area (Å²) in [5, 5.41) is 1.37. The topological polar surface area (TPSA) is 54.0 Å². The summed E-state index contributed by atoms with van der Waals surface area (Å²) in [7, 11) is 0. The zero-order valence-electron chi connectivity index (χ0n) is 13.2. The van der Waals surface area contributed by atoms with Crippen molar-refractivity contribution in [3.63, 3.8) is 0 Å². The summed E-state index contributed by atoms with van der Waals surface area (Å²) in [6, 6.07) is 11.6. The summed E-state index contributed by atoms with van der Waals surface area (Å²) in [6.07, 6.45) is 0. The molecule has 1 heterocycles. The van der Waals surface area contributed by atoms with E-state index in [1.54, 1.807) is 0 Å². The number of thioether (sulfide) groups is 1. The Morgan fingerprint density at radius 3 is 2.75 bits per heavy atom. The highest BCUT2D eigenvalue weighted by Crippen LogP contribution is 2.29. The number of hydrazine groups is 1. The first-order valence-corrected chi connectivity index (χ1v) is 9.50. The van der Waals surface area contributed by atoms with Gasteiger partial charge in [0, 0.05) is 9.92 Å². The van der Waals surface area contributed by atoms with Gasteiger partial charge in [-0.05, 0) is 55.3 Å². The number of aromatic nitrogens is 1. The zero-order valence-corrected chi connectivity index (χ0v) is 15.6. The second-order valence-corrected chi connectivity index (χ2v) is 7.85. The SMILES string of the molecule is Cc1cc(C)c2sc(NNC(=O)CSc3ccc(Cl)cc3)nc2c1. The van der Waals surface area contributed by atoms with Gasteiger partial charge in [0.05, 0.1) is 16.0 Å². The summed E-state index contributed by atoms with van der Waals surface area (Å²) < 4.78 is 1.13. The molecular weight excluding hydrogens is 362 g/mol. The van der Waals surface area contributed by atoms with Crippen molar-refractivity contribution in [2.24, 2.45) is 0 Å². The van der Waals surface area contributed by atoms with Crippen molar-refractivity contribution in [2.45, 2.75) is 18.7 Å². The van der Waals surface area contributed by atoms with E-state index in [0.717, 1.165) is 15.1 Å². The molecule has 1 amide bonds. The molecule has 0 aliphatic heterocycles. The Labute approximate surface area is 153 Å². The molecule has 3 rings (SSSR count). The van der Waals surface area contributed by atoms with E-state index in [1.807, 2.05) is 30.3 Å². The normalized spacial score (nSPS) is 10.8. The van der Waals surface area contributed by atoms with Gasteiger partial charge in [-0.15, -0.1) is 11.8 Å². The van der Waals surface area contributed by atoms with Crippen molar-refractivity contribution in [1.29, 1.82) is 0 Å². The van der Waals surface area contributed by atoms with Crippen LogP contribution in [0, 0.1) is 13.8 Å². The van der Waals surface area contributed by atoms with E-state index in [1.165, 1.54) is 34.2 Å². The van der Waals surface area contributed by atoms with Crippen LogP contribution in [0.2, 0.25) is 5.02 Å². The molecule has 4 nitrogen and oxygen atoms in total. The first-order valence-electron chi connectivity index (χ1n) is 7.32. The lowest BCUT2D eigenvalue weighted by molar-refractivity contribution is -0.118. The third-order valence-corrected chi connectivity index (χ3v) is 5.70. The summed E-state index contributed by atoms with van der Waals surface area (Å²) >= 11 is 8.83. The van der Waals surface area contributed by atoms with Crippen LogP contribution in [-0.4, -0.2) is 16.6 Å². The van der Waals surface area contributed by atoms with Gasteiger partial charge in [-0.2, -0.15) is 0 Å². The van der Waals surface area contributed by atoms with Gasteiger partial charge in [-0.3, -0.25) is 15.6 Å². The summed E-state index contributed by atoms with van der Waals surface area (Å²) in [5.74, 6) is 0.208. The Bertz CT molecular complexity index is 877. The fourth-order valence-electron chi connectivity index (χ4n) is 2.27. The molecule has 0 atom stereocenters. The lowest BCUT2D eigenvalue weighted by Gasteiger charge is -2.05. The first kappa shape index (κ1) is 17.1. The Morgan fingerprint density at radius 2 is 2.00 bits per heavy atom. The number of fused-ring (bicyclic) bond motifs is 1. The summed E-state index contributed by atoms with van der Waals surface area (Å²) in [6.45, 7) is 4.12. The lowest BCUT2D eigenvalue weighted by atomic mass is 10.1. The van der Waals surface area contributed by atoms with Crippen LogP contribution < -0.4 is 10.9 Å². The maximum absolute atomic E-state index is 11.9. The van der Waals surface area contributed by atoms with Crippen molar-refractivity contribution in [3.8, 4) is 0 Å². The number of hydrogen-bond donors (Lipinski definition) is 2. The van der Waals surface area contributed by atoms with Gasteiger partial charge in [0.15, 0.2) is 0 Å². The van der Waals surface area contributed by atoms with Gasteiger partial charge in [0.2, 0.25) is 11.0 Å². The monoisotopic (exact) mass is 377 g/mol. The molecular formula is C17H16ClN3OS2. The minimum absolute atomic E-state index is 0.109. The quantitative estimate of drug-likeness (QED) is 0.495. The van der Waals surface area contributed by atoms with Crippen LogP contribution in [0.25, 0.3) is 10.2 Å². The third kappa shape index (κ3) is 4.20. The van der Waals surface area contributed by atoms with E-state index in [4.69, 9.17) is 11.6 Å². The Balaban J connectivity index is 1.56. The summed E-state index contributed by atoms with van der Waals surface area (Å²) in [5.41, 5.74) is 8.91. The van der Waals surface area contributed by atoms with E-state index in [-0.39, 0.29) is 5.91 Å². The second-order valence-electron chi connectivity index (χ2n) is 5.36. The highest BCUT2D eigenvalue weighted by molar-refractivity contribution is 8.00. The molecule has 0 aliphatic rings. The number of thiazole rings is 1. The number of benzene rings is 2. The van der Waals surface area contributed by atoms with Gasteiger partial charge in [0.1, 0.15) is 0 Å². The molecule has 7 heteroatoms. The molecule has 2 aromatic carbocycles. The maximum Gasteiger partial charge on any atom is 0.248 e. The molecule has 0 saturated heterocycles. The molecule has 0 aliphatic carbocycles. The van der Waals surface area contributed by atoms with E-state index in [2.05, 4.69) is 35.7 Å². The average Bonchev–Trinajstić information content (AvgIpc) is 2.95. The molecule has 0 fully saturated rings. The third-order valence-electron chi connectivity index (χ3n) is 3.31. The van der Waals surface area contributed by atoms with Gasteiger partial charge in [0.25, 0.3) is 0 Å². The Kier molecular flexibility index (Phi) is 5.28. The highest BCUT2D eigenvalue weighted by Gasteiger charge is 2.08. The number of carbonyl (C=O) groups is 1. The van der Waals surface area contributed by atoms with Crippen molar-refractivity contribution >= 4 is 56.0 Å². The second kappa shape index (κ2) is 7.42. The van der Waals surface area contributed by atoms with Crippen LogP contribution in [0.5, 0.6) is 0 Å². The largest absolute Gasteiger partial charge is 0.273 e. The Hall–Kier alpha value is -1.76. The number of rotatable bonds is 5. The smallest absolute Gasteiger partial charge is 0.248 e. The molecule has 124 valence electrons. The predicted octanol–water partition coefficient (Wildman–Crippen LogP) is 4.80. The van der Waals surface area contributed by atoms with Gasteiger partial charge in [-0.1, -0.05) is 29.0 Å². The number of halogens is 1. The van der Waals surface area contributed by atoms with Crippen molar-refractivity contribution < 1.29 is 4.79 Å². The fourth-order valence-corrected chi connectivity index (χ4v) is 3.96. The first-order chi connectivity index (χ1) is 11.5. The number of anilines is 1. The fraction of sp³-hybridized carbons (Fsp3) is 0.176. The lowest BCUT2D eigenvalue weighted by Crippen LogP contribution is -2.30. The van der Waals surface area contributed by atoms with Crippen molar-refractivity contribution in [3.05, 3.63) is 52.5 Å². The number of aryl methyl sites for hydroxylation is 2. The van der Waals surface area contributed by atoms with Crippen molar-refractivity contribution in [2.75, 3.05) is 11.2 Å². The highest BCUT2D eigenvalue weighted by atomic mass is 35.5. The molecule has 2 N–H and O–H groups in total. The number of nitrogens with one attached hydrogen (secondary N) is 2. The number of carbonyl (C=O) groups excluding carboxylic acids is 1. The predicted molar refractivity (Wildman–Crippen MR) is 103 cm³/mol. The van der Waals surface area contributed by atoms with E-state index in [0.29, 0.717) is 15.9 Å². The Morgan fingerprint density at radius 1 is 1.25 bits per heavy atom. The number of nitrogens with zero attached hydrogens (tertiary/aromatic N) is 1. The van der Waals surface area contributed by atoms with E-state index in [9.17, 15) is 4.79 Å². The van der Waals surface area contributed by atoms with Crippen LogP contribution in [0.3, 0.4) is 0 Å². The minimum atomic E-state index is -0.109. The van der Waals surface area contributed by atoms with E-state index >= 15 is 0 Å². The molecule has 0 spiro atoms. The standard InChI is InChI=1S/C17H16ClN3OS2/c1-10-7-11(2)16-14(8-10)19-17(24-16)21-20-15(22)9-23-13-5-3-12(18)4-6-13/h3-8H,9H2,1-2H3,(H,19,21)(H,20,22). The maximum atomic E-state index is 11.9. The molecule has 0 unspecified atom stereocenters. The van der Waals surface area contributed by atoms with E-state index < -0.39 is 0 Å². The molecule has 0 saturated carbocycles. The van der Waals surface area contributed by atoms with Crippen LogP contribution in [-0.2, 0) is 4.79 Å². The van der Waals surface area contributed by atoms with Crippen LogP contribution in [0.15, 0.2) is 41.3 Å². The molecule has 0 radical (unpaired) electrons. The average molecular weight is 378 g/mol. The molecule has 1 aromatic heterocycles. The van der Waals surface area contributed by atoms with Crippen molar-refractivity contribution in [1.82, 2.24) is 10.4 Å². The van der Waals surface area contributed by atoms with Gasteiger partial charge >= 0.3 is 0 Å².